The van der Waals surface area contributed by atoms with Gasteiger partial charge in [-0.2, -0.15) is 0 Å². The second-order valence-electron chi connectivity index (χ2n) is 1.83. The molecule has 0 bridgehead atoms. The molecule has 90 valence electrons. The summed E-state index contributed by atoms with van der Waals surface area (Å²) < 4.78 is 0. The third-order valence-corrected chi connectivity index (χ3v) is 1.23. The van der Waals surface area contributed by atoms with E-state index in [0.717, 1.165) is 0 Å². The molecule has 10 nitrogen and oxygen atoms in total. The summed E-state index contributed by atoms with van der Waals surface area (Å²) >= 11 is 0. The summed E-state index contributed by atoms with van der Waals surface area (Å²) in [6, 6.07) is 0. The third-order valence-electron chi connectivity index (χ3n) is 1.23. The maximum absolute atomic E-state index is 10.9. The number of imidazole rings is 1. The minimum Gasteiger partial charge on any atom is -0.693 e. The van der Waals surface area contributed by atoms with Gasteiger partial charge in [0.15, 0.2) is 11.2 Å². The molecule has 2 heterocycles. The van der Waals surface area contributed by atoms with Gasteiger partial charge in [-0.25, -0.2) is 9.97 Å². The van der Waals surface area contributed by atoms with Crippen LogP contribution in [0.25, 0.3) is 41.9 Å². The maximum atomic E-state index is 10.9. The average Bonchev–Trinajstić information content (AvgIpc) is 2.36. The van der Waals surface area contributed by atoms with Crippen LogP contribution in [0.5, 0.6) is 0 Å². The molecule has 0 saturated heterocycles. The molecular weight excluding hydrogens is 303 g/mol. The van der Waals surface area contributed by atoms with E-state index in [1.54, 1.807) is 0 Å². The van der Waals surface area contributed by atoms with Gasteiger partial charge in [-0.15, -0.1) is 0 Å². The Labute approximate surface area is 105 Å². The van der Waals surface area contributed by atoms with E-state index in [1.165, 1.54) is 12.7 Å². The van der Waals surface area contributed by atoms with Crippen LogP contribution in [-0.2, 0) is 19.5 Å². The van der Waals surface area contributed by atoms with Gasteiger partial charge in [0.2, 0.25) is 0 Å². The number of nitrogens with one attached hydrogen (secondary N) is 2. The monoisotopic (exact) mass is 318 g/mol. The van der Waals surface area contributed by atoms with Crippen LogP contribution in [0.4, 0.5) is 0 Å². The number of aromatic nitrogens is 4. The summed E-state index contributed by atoms with van der Waals surface area (Å²) in [5, 5.41) is 0. The van der Waals surface area contributed by atoms with Crippen LogP contribution in [0.3, 0.4) is 0 Å². The van der Waals surface area contributed by atoms with Crippen LogP contribution in [0, 0.1) is 0 Å². The second kappa shape index (κ2) is 11.8. The van der Waals surface area contributed by atoms with Gasteiger partial charge in [0.1, 0.15) is 0 Å². The number of hydrogen-bond donors (Lipinski definition) is 2. The molecule has 16 heavy (non-hydrogen) atoms. The van der Waals surface area contributed by atoms with Gasteiger partial charge in [0, 0.05) is 0 Å². The molecule has 0 aliphatic heterocycles. The predicted octanol–water partition coefficient (Wildman–Crippen LogP) is 3.23. The van der Waals surface area contributed by atoms with Crippen molar-refractivity contribution >= 4 is 11.2 Å². The van der Waals surface area contributed by atoms with E-state index in [-0.39, 0.29) is 55.8 Å². The molecule has 2 aromatic rings. The topological polar surface area (TPSA) is 242 Å². The van der Waals surface area contributed by atoms with E-state index >= 15 is 0 Å². The molecule has 11 heteroatoms. The van der Waals surface area contributed by atoms with Crippen molar-refractivity contribution in [3.8, 4) is 0 Å². The number of fused-ring (bicyclic) bond motifs is 1. The van der Waals surface area contributed by atoms with Crippen molar-refractivity contribution in [3.05, 3.63) is 53.8 Å². The SMILES string of the molecule is O=c1[nH]cnc2nc[nH]c12.[NH2-].[NH2-].[NH2-].[NH2-].[NH2-].[Ru+8]. The Hall–Kier alpha value is -1.23. The first kappa shape index (κ1) is 29.3. The Balaban J connectivity index is -0.0000000672. The van der Waals surface area contributed by atoms with Gasteiger partial charge in [-0.1, -0.05) is 0 Å². The van der Waals surface area contributed by atoms with Gasteiger partial charge in [0.05, 0.1) is 12.7 Å². The van der Waals surface area contributed by atoms with Crippen LogP contribution in [0.1, 0.15) is 0 Å². The zero-order chi connectivity index (χ0) is 6.97. The Kier molecular flexibility index (Phi) is 21.7. The van der Waals surface area contributed by atoms with Crippen molar-refractivity contribution in [2.24, 2.45) is 0 Å². The van der Waals surface area contributed by atoms with Gasteiger partial charge >= 0.3 is 19.5 Å². The standard InChI is InChI=1S/C5H4N4O.5H2N.Ru/c10-5-3-4(7-1-6-3)8-2-9-5;;;;;;/h1-2H,(H2,6,7,8,9,10);5*1H2;/q;5*-1;+8. The zero-order valence-electron chi connectivity index (χ0n) is 8.20. The second-order valence-corrected chi connectivity index (χ2v) is 1.83. The Morgan fingerprint density at radius 3 is 1.75 bits per heavy atom. The number of rotatable bonds is 0. The summed E-state index contributed by atoms with van der Waals surface area (Å²) in [5.74, 6) is 0. The molecular formula is C5H14N9ORu+3. The molecule has 0 radical (unpaired) electrons. The Morgan fingerprint density at radius 1 is 0.875 bits per heavy atom. The quantitative estimate of drug-likeness (QED) is 0.695. The number of aromatic amines is 2. The molecule has 0 unspecified atom stereocenters. The van der Waals surface area contributed by atoms with E-state index in [4.69, 9.17) is 0 Å². The number of nitrogens with zero attached hydrogens (tertiary/aromatic N) is 2. The third kappa shape index (κ3) is 5.02. The van der Waals surface area contributed by atoms with Crippen molar-refractivity contribution in [1.29, 1.82) is 0 Å². The van der Waals surface area contributed by atoms with E-state index < -0.39 is 0 Å². The zero-order valence-corrected chi connectivity index (χ0v) is 9.94. The molecule has 0 aromatic carbocycles. The van der Waals surface area contributed by atoms with Crippen molar-refractivity contribution in [3.63, 3.8) is 0 Å². The Morgan fingerprint density at radius 2 is 1.31 bits per heavy atom. The number of H-pyrrole nitrogens is 2. The fraction of sp³-hybridized carbons (Fsp3) is 0. The summed E-state index contributed by atoms with van der Waals surface area (Å²) in [7, 11) is 0. The number of nitrogens with two attached hydrogens (primary N) is 5. The van der Waals surface area contributed by atoms with Crippen molar-refractivity contribution < 1.29 is 19.5 Å². The molecule has 0 aliphatic rings. The van der Waals surface area contributed by atoms with Crippen LogP contribution in [0.2, 0.25) is 0 Å². The minimum atomic E-state index is -0.192. The minimum absolute atomic E-state index is 0. The molecule has 2 rings (SSSR count). The number of hydrogen-bond acceptors (Lipinski definition) is 3. The first-order chi connectivity index (χ1) is 4.88. The fourth-order valence-electron chi connectivity index (χ4n) is 0.776. The van der Waals surface area contributed by atoms with Gasteiger partial charge in [0.25, 0.3) is 5.56 Å². The van der Waals surface area contributed by atoms with Crippen LogP contribution >= 0.6 is 0 Å². The molecule has 0 saturated carbocycles. The van der Waals surface area contributed by atoms with Crippen LogP contribution in [-0.4, -0.2) is 19.9 Å². The first-order valence-electron chi connectivity index (χ1n) is 2.75. The van der Waals surface area contributed by atoms with Crippen LogP contribution in [0.15, 0.2) is 17.4 Å². The predicted molar refractivity (Wildman–Crippen MR) is 60.9 cm³/mol. The average molecular weight is 317 g/mol. The summed E-state index contributed by atoms with van der Waals surface area (Å²) in [4.78, 5) is 23.6. The van der Waals surface area contributed by atoms with Crippen molar-refractivity contribution in [1.82, 2.24) is 19.9 Å². The van der Waals surface area contributed by atoms with E-state index in [9.17, 15) is 4.79 Å². The summed E-state index contributed by atoms with van der Waals surface area (Å²) in [5.41, 5.74) is 0.675. The largest absolute Gasteiger partial charge is 8.00 e. The van der Waals surface area contributed by atoms with Crippen molar-refractivity contribution in [2.45, 2.75) is 0 Å². The molecule has 0 fully saturated rings. The molecule has 2 aromatic heterocycles. The van der Waals surface area contributed by atoms with Crippen LogP contribution < -0.4 is 5.56 Å². The first-order valence-corrected chi connectivity index (χ1v) is 2.75. The normalized spacial score (nSPS) is 6.50. The fourth-order valence-corrected chi connectivity index (χ4v) is 0.776. The molecule has 0 amide bonds. The summed E-state index contributed by atoms with van der Waals surface area (Å²) in [6.45, 7) is 0. The molecule has 12 N–H and O–H groups in total. The van der Waals surface area contributed by atoms with Gasteiger partial charge in [-0.05, 0) is 0 Å². The van der Waals surface area contributed by atoms with Gasteiger partial charge in [-0.3, -0.25) is 4.79 Å². The van der Waals surface area contributed by atoms with Gasteiger partial charge < -0.3 is 40.7 Å². The molecule has 0 atom stereocenters. The van der Waals surface area contributed by atoms with Crippen molar-refractivity contribution in [2.75, 3.05) is 0 Å². The summed E-state index contributed by atoms with van der Waals surface area (Å²) in [6.07, 6.45) is 2.76. The molecule has 0 spiro atoms. The maximum Gasteiger partial charge on any atom is 8.00 e. The van der Waals surface area contributed by atoms with E-state index in [0.29, 0.717) is 11.2 Å². The molecule has 0 aliphatic carbocycles. The van der Waals surface area contributed by atoms with E-state index in [2.05, 4.69) is 19.9 Å². The van der Waals surface area contributed by atoms with E-state index in [1.807, 2.05) is 0 Å². The Bertz CT molecular complexity index is 411. The smallest absolute Gasteiger partial charge is 0.693 e.